The maximum atomic E-state index is 10.8. The van der Waals surface area contributed by atoms with Crippen LogP contribution in [0.15, 0.2) is 23.4 Å². The summed E-state index contributed by atoms with van der Waals surface area (Å²) in [5.41, 5.74) is 8.61. The third-order valence-corrected chi connectivity index (χ3v) is 3.36. The molecule has 0 saturated heterocycles. The molecule has 5 N–H and O–H groups in total. The van der Waals surface area contributed by atoms with Gasteiger partial charge in [-0.05, 0) is 30.7 Å². The van der Waals surface area contributed by atoms with Gasteiger partial charge in [-0.15, -0.1) is 11.8 Å². The van der Waals surface area contributed by atoms with Crippen molar-refractivity contribution in [3.63, 3.8) is 0 Å². The largest absolute Gasteiger partial charge is 0.397 e. The lowest BCUT2D eigenvalue weighted by molar-refractivity contribution is -0.121. The number of aromatic nitrogens is 1. The zero-order valence-electron chi connectivity index (χ0n) is 9.69. The summed E-state index contributed by atoms with van der Waals surface area (Å²) in [6.07, 6.45) is 5.14. The van der Waals surface area contributed by atoms with Gasteiger partial charge in [-0.3, -0.25) is 10.2 Å². The number of nitrogens with one attached hydrogen (secondary N) is 1. The van der Waals surface area contributed by atoms with Gasteiger partial charge in [0.25, 0.3) is 0 Å². The Morgan fingerprint density at radius 2 is 2.24 bits per heavy atom. The van der Waals surface area contributed by atoms with E-state index in [-0.39, 0.29) is 5.91 Å². The zero-order chi connectivity index (χ0) is 12.5. The number of unbranched alkanes of at least 4 members (excludes halogenated alkanes) is 2. The van der Waals surface area contributed by atoms with Crippen molar-refractivity contribution in [2.75, 3.05) is 11.5 Å². The Balaban J connectivity index is 2.09. The monoisotopic (exact) mass is 254 g/mol. The van der Waals surface area contributed by atoms with E-state index in [0.29, 0.717) is 6.42 Å². The van der Waals surface area contributed by atoms with Gasteiger partial charge in [0, 0.05) is 12.6 Å². The summed E-state index contributed by atoms with van der Waals surface area (Å²) in [5, 5.41) is 0.882. The number of hydrogen-bond acceptors (Lipinski definition) is 5. The van der Waals surface area contributed by atoms with Crippen molar-refractivity contribution in [1.29, 1.82) is 0 Å². The highest BCUT2D eigenvalue weighted by molar-refractivity contribution is 7.99. The number of anilines is 1. The fourth-order valence-electron chi connectivity index (χ4n) is 1.33. The molecular weight excluding hydrogens is 236 g/mol. The van der Waals surface area contributed by atoms with Gasteiger partial charge in [-0.25, -0.2) is 10.8 Å². The number of carbonyl (C=O) groups is 1. The van der Waals surface area contributed by atoms with Crippen LogP contribution in [0.5, 0.6) is 0 Å². The quantitative estimate of drug-likeness (QED) is 0.224. The van der Waals surface area contributed by atoms with Crippen LogP contribution in [0.4, 0.5) is 5.69 Å². The van der Waals surface area contributed by atoms with E-state index in [9.17, 15) is 4.79 Å². The van der Waals surface area contributed by atoms with E-state index in [1.807, 2.05) is 12.1 Å². The highest BCUT2D eigenvalue weighted by Gasteiger charge is 2.01. The molecule has 5 nitrogen and oxygen atoms in total. The van der Waals surface area contributed by atoms with Crippen molar-refractivity contribution in [3.05, 3.63) is 18.3 Å². The van der Waals surface area contributed by atoms with Crippen molar-refractivity contribution < 1.29 is 4.79 Å². The molecule has 0 saturated carbocycles. The first kappa shape index (κ1) is 13.8. The minimum atomic E-state index is -0.105. The smallest absolute Gasteiger partial charge is 0.233 e. The molecule has 6 heteroatoms. The second-order valence-electron chi connectivity index (χ2n) is 3.62. The topological polar surface area (TPSA) is 94.0 Å². The SMILES string of the molecule is NNC(=O)CCCCCSc1ncccc1N. The molecule has 94 valence electrons. The first-order valence-electron chi connectivity index (χ1n) is 5.56. The average Bonchev–Trinajstić information content (AvgIpc) is 2.35. The number of hydrogen-bond donors (Lipinski definition) is 3. The molecule has 1 heterocycles. The van der Waals surface area contributed by atoms with E-state index >= 15 is 0 Å². The van der Waals surface area contributed by atoms with Crippen molar-refractivity contribution in [2.45, 2.75) is 30.7 Å². The maximum absolute atomic E-state index is 10.8. The Labute approximate surface area is 105 Å². The zero-order valence-corrected chi connectivity index (χ0v) is 10.5. The third-order valence-electron chi connectivity index (χ3n) is 2.25. The molecule has 1 amide bonds. The summed E-state index contributed by atoms with van der Waals surface area (Å²) in [4.78, 5) is 15.0. The summed E-state index contributed by atoms with van der Waals surface area (Å²) in [6.45, 7) is 0. The maximum Gasteiger partial charge on any atom is 0.233 e. The van der Waals surface area contributed by atoms with Crippen molar-refractivity contribution in [1.82, 2.24) is 10.4 Å². The van der Waals surface area contributed by atoms with Crippen LogP contribution in [0.3, 0.4) is 0 Å². The molecule has 1 rings (SSSR count). The number of thioether (sulfide) groups is 1. The summed E-state index contributed by atoms with van der Waals surface area (Å²) in [6, 6.07) is 3.67. The number of nitrogens with two attached hydrogens (primary N) is 2. The molecule has 0 spiro atoms. The van der Waals surface area contributed by atoms with Gasteiger partial charge >= 0.3 is 0 Å². The van der Waals surface area contributed by atoms with E-state index in [1.54, 1.807) is 18.0 Å². The number of amides is 1. The number of hydrazine groups is 1. The Hall–Kier alpha value is -1.27. The molecule has 1 aromatic heterocycles. The number of pyridine rings is 1. The Morgan fingerprint density at radius 1 is 1.41 bits per heavy atom. The van der Waals surface area contributed by atoms with Crippen LogP contribution in [0.2, 0.25) is 0 Å². The van der Waals surface area contributed by atoms with Crippen LogP contribution in [0, 0.1) is 0 Å². The predicted molar refractivity (Wildman–Crippen MR) is 70.2 cm³/mol. The normalized spacial score (nSPS) is 10.2. The van der Waals surface area contributed by atoms with Crippen LogP contribution < -0.4 is 17.0 Å². The molecule has 0 aliphatic rings. The summed E-state index contributed by atoms with van der Waals surface area (Å²) >= 11 is 1.65. The highest BCUT2D eigenvalue weighted by Crippen LogP contribution is 2.22. The van der Waals surface area contributed by atoms with Crippen LogP contribution in [0.1, 0.15) is 25.7 Å². The Morgan fingerprint density at radius 3 is 2.94 bits per heavy atom. The van der Waals surface area contributed by atoms with E-state index in [4.69, 9.17) is 11.6 Å². The first-order chi connectivity index (χ1) is 8.24. The number of nitrogen functional groups attached to an aromatic ring is 1. The molecule has 0 radical (unpaired) electrons. The second kappa shape index (κ2) is 7.92. The van der Waals surface area contributed by atoms with Gasteiger partial charge < -0.3 is 5.73 Å². The minimum Gasteiger partial charge on any atom is -0.397 e. The second-order valence-corrected chi connectivity index (χ2v) is 4.71. The fraction of sp³-hybridized carbons (Fsp3) is 0.455. The lowest BCUT2D eigenvalue weighted by Crippen LogP contribution is -2.29. The number of rotatable bonds is 7. The van der Waals surface area contributed by atoms with Crippen LogP contribution in [-0.2, 0) is 4.79 Å². The fourth-order valence-corrected chi connectivity index (χ4v) is 2.24. The predicted octanol–water partition coefficient (Wildman–Crippen LogP) is 1.31. The molecule has 17 heavy (non-hydrogen) atoms. The minimum absolute atomic E-state index is 0.105. The Bertz CT molecular complexity index is 359. The van der Waals surface area contributed by atoms with Crippen molar-refractivity contribution >= 4 is 23.4 Å². The molecule has 0 bridgehead atoms. The van der Waals surface area contributed by atoms with E-state index in [0.717, 1.165) is 35.7 Å². The molecule has 0 fully saturated rings. The van der Waals surface area contributed by atoms with Gasteiger partial charge in [0.1, 0.15) is 5.03 Å². The molecule has 0 unspecified atom stereocenters. The van der Waals surface area contributed by atoms with Crippen LogP contribution >= 0.6 is 11.8 Å². The van der Waals surface area contributed by atoms with Gasteiger partial charge in [-0.2, -0.15) is 0 Å². The molecule has 0 aromatic carbocycles. The summed E-state index contributed by atoms with van der Waals surface area (Å²) in [7, 11) is 0. The molecule has 0 aliphatic carbocycles. The van der Waals surface area contributed by atoms with Gasteiger partial charge in [0.05, 0.1) is 5.69 Å². The van der Waals surface area contributed by atoms with Gasteiger partial charge in [-0.1, -0.05) is 6.42 Å². The highest BCUT2D eigenvalue weighted by atomic mass is 32.2. The molecule has 1 aromatic rings. The number of carbonyl (C=O) groups excluding carboxylic acids is 1. The summed E-state index contributed by atoms with van der Waals surface area (Å²) in [5.74, 6) is 5.84. The average molecular weight is 254 g/mol. The van der Waals surface area contributed by atoms with E-state index < -0.39 is 0 Å². The van der Waals surface area contributed by atoms with Crippen molar-refractivity contribution in [3.8, 4) is 0 Å². The van der Waals surface area contributed by atoms with Crippen molar-refractivity contribution in [2.24, 2.45) is 5.84 Å². The number of nitrogens with zero attached hydrogens (tertiary/aromatic N) is 1. The van der Waals surface area contributed by atoms with Crippen LogP contribution in [-0.4, -0.2) is 16.6 Å². The Kier molecular flexibility index (Phi) is 6.42. The lowest BCUT2D eigenvalue weighted by Gasteiger charge is -2.03. The van der Waals surface area contributed by atoms with Gasteiger partial charge in [0.2, 0.25) is 5.91 Å². The molecule has 0 atom stereocenters. The van der Waals surface area contributed by atoms with E-state index in [2.05, 4.69) is 10.4 Å². The standard InChI is InChI=1S/C11H18N4OS/c12-9-5-4-7-14-11(9)17-8-3-1-2-6-10(16)15-13/h4-5,7H,1-3,6,8,12-13H2,(H,15,16). The van der Waals surface area contributed by atoms with Gasteiger partial charge in [0.15, 0.2) is 0 Å². The lowest BCUT2D eigenvalue weighted by atomic mass is 10.2. The van der Waals surface area contributed by atoms with E-state index in [1.165, 1.54) is 0 Å². The molecule has 0 aliphatic heterocycles. The first-order valence-corrected chi connectivity index (χ1v) is 6.55. The third kappa shape index (κ3) is 5.55. The van der Waals surface area contributed by atoms with Crippen LogP contribution in [0.25, 0.3) is 0 Å². The summed E-state index contributed by atoms with van der Waals surface area (Å²) < 4.78 is 0. The molecular formula is C11H18N4OS.